The normalized spacial score (nSPS) is 14.7. The minimum absolute atomic E-state index is 0.0315. The summed E-state index contributed by atoms with van der Waals surface area (Å²) >= 11 is 8.68. The van der Waals surface area contributed by atoms with Crippen molar-refractivity contribution >= 4 is 56.8 Å². The van der Waals surface area contributed by atoms with Crippen LogP contribution in [0, 0.1) is 11.3 Å². The first kappa shape index (κ1) is 22.4. The average Bonchev–Trinajstić information content (AvgIpc) is 2.82. The van der Waals surface area contributed by atoms with E-state index in [0.29, 0.717) is 27.0 Å². The van der Waals surface area contributed by atoms with Gasteiger partial charge in [-0.1, -0.05) is 42.5 Å². The largest absolute Gasteiger partial charge is 0.488 e. The molecular formula is C25H16BrN3O3S. The Morgan fingerprint density at radius 3 is 2.52 bits per heavy atom. The fourth-order valence-corrected chi connectivity index (χ4v) is 4.06. The summed E-state index contributed by atoms with van der Waals surface area (Å²) in [5, 5.41) is 11.8. The van der Waals surface area contributed by atoms with Crippen molar-refractivity contribution in [2.24, 2.45) is 0 Å². The fraction of sp³-hybridized carbons (Fsp3) is 0.0400. The SMILES string of the molecule is N#Cc1ccccc1COc1ccc(/C=C2/C(=O)NC(=S)N(c3ccccc3)C2=O)cc1Br. The summed E-state index contributed by atoms with van der Waals surface area (Å²) in [6, 6.07) is 23.5. The van der Waals surface area contributed by atoms with Crippen molar-refractivity contribution < 1.29 is 14.3 Å². The summed E-state index contributed by atoms with van der Waals surface area (Å²) in [4.78, 5) is 26.9. The van der Waals surface area contributed by atoms with E-state index < -0.39 is 11.8 Å². The molecule has 6 nitrogen and oxygen atoms in total. The summed E-state index contributed by atoms with van der Waals surface area (Å²) in [5.41, 5.74) is 2.50. The third-order valence-electron chi connectivity index (χ3n) is 4.90. The van der Waals surface area contributed by atoms with Crippen LogP contribution in [0.4, 0.5) is 5.69 Å². The number of nitrogens with zero attached hydrogens (tertiary/aromatic N) is 2. The molecule has 162 valence electrons. The third kappa shape index (κ3) is 4.85. The maximum Gasteiger partial charge on any atom is 0.270 e. The smallest absolute Gasteiger partial charge is 0.270 e. The molecule has 0 unspecified atom stereocenters. The van der Waals surface area contributed by atoms with Gasteiger partial charge in [0, 0.05) is 5.56 Å². The topological polar surface area (TPSA) is 82.4 Å². The maximum atomic E-state index is 13.1. The van der Waals surface area contributed by atoms with Gasteiger partial charge in [0.25, 0.3) is 11.8 Å². The lowest BCUT2D eigenvalue weighted by Crippen LogP contribution is -2.54. The third-order valence-corrected chi connectivity index (χ3v) is 5.81. The fourth-order valence-electron chi connectivity index (χ4n) is 3.27. The van der Waals surface area contributed by atoms with Gasteiger partial charge in [0.05, 0.1) is 21.8 Å². The Hall–Kier alpha value is -3.80. The van der Waals surface area contributed by atoms with E-state index in [0.717, 1.165) is 5.56 Å². The number of amides is 2. The van der Waals surface area contributed by atoms with E-state index in [-0.39, 0.29) is 17.3 Å². The van der Waals surface area contributed by atoms with Crippen LogP contribution in [-0.2, 0) is 16.2 Å². The number of carbonyl (C=O) groups is 2. The van der Waals surface area contributed by atoms with Gasteiger partial charge in [0.1, 0.15) is 17.9 Å². The van der Waals surface area contributed by atoms with E-state index >= 15 is 0 Å². The van der Waals surface area contributed by atoms with E-state index in [1.807, 2.05) is 18.2 Å². The summed E-state index contributed by atoms with van der Waals surface area (Å²) in [5.74, 6) is -0.488. The van der Waals surface area contributed by atoms with Crippen LogP contribution in [0.2, 0.25) is 0 Å². The lowest BCUT2D eigenvalue weighted by molar-refractivity contribution is -0.122. The standard InChI is InChI=1S/C25H16BrN3O3S/c26-21-13-16(10-11-22(21)32-15-18-7-5-4-6-17(18)14-27)12-20-23(30)28-25(33)29(24(20)31)19-8-2-1-3-9-19/h1-13H,15H2,(H,28,30,33)/b20-12-. The lowest BCUT2D eigenvalue weighted by atomic mass is 10.1. The molecule has 4 rings (SSSR count). The summed E-state index contributed by atoms with van der Waals surface area (Å²) in [7, 11) is 0. The van der Waals surface area contributed by atoms with Crippen LogP contribution < -0.4 is 15.0 Å². The van der Waals surface area contributed by atoms with E-state index in [4.69, 9.17) is 17.0 Å². The van der Waals surface area contributed by atoms with Crippen LogP contribution in [0.5, 0.6) is 5.75 Å². The molecule has 0 radical (unpaired) electrons. The zero-order valence-corrected chi connectivity index (χ0v) is 19.5. The molecule has 0 atom stereocenters. The molecule has 1 N–H and O–H groups in total. The van der Waals surface area contributed by atoms with Crippen molar-refractivity contribution in [3.63, 3.8) is 0 Å². The minimum atomic E-state index is -0.554. The number of benzene rings is 3. The molecule has 33 heavy (non-hydrogen) atoms. The van der Waals surface area contributed by atoms with Crippen LogP contribution in [0.1, 0.15) is 16.7 Å². The second-order valence-corrected chi connectivity index (χ2v) is 8.28. The van der Waals surface area contributed by atoms with Crippen LogP contribution in [0.15, 0.2) is 82.8 Å². The van der Waals surface area contributed by atoms with Gasteiger partial charge in [0.2, 0.25) is 0 Å². The zero-order chi connectivity index (χ0) is 23.4. The number of nitriles is 1. The highest BCUT2D eigenvalue weighted by Crippen LogP contribution is 2.29. The predicted molar refractivity (Wildman–Crippen MR) is 132 cm³/mol. The van der Waals surface area contributed by atoms with Crippen molar-refractivity contribution in [2.75, 3.05) is 4.90 Å². The van der Waals surface area contributed by atoms with Gasteiger partial charge in [0.15, 0.2) is 5.11 Å². The van der Waals surface area contributed by atoms with E-state index in [2.05, 4.69) is 27.3 Å². The first-order valence-corrected chi connectivity index (χ1v) is 11.0. The van der Waals surface area contributed by atoms with Crippen LogP contribution in [0.25, 0.3) is 6.08 Å². The molecule has 3 aromatic carbocycles. The highest BCUT2D eigenvalue weighted by molar-refractivity contribution is 9.10. The molecule has 1 heterocycles. The first-order chi connectivity index (χ1) is 16.0. The molecule has 1 aliphatic heterocycles. The number of halogens is 1. The maximum absolute atomic E-state index is 13.1. The minimum Gasteiger partial charge on any atom is -0.488 e. The zero-order valence-electron chi connectivity index (χ0n) is 17.1. The van der Waals surface area contributed by atoms with Crippen molar-refractivity contribution in [1.29, 1.82) is 5.26 Å². The van der Waals surface area contributed by atoms with Gasteiger partial charge >= 0.3 is 0 Å². The Morgan fingerprint density at radius 1 is 1.06 bits per heavy atom. The Labute approximate surface area is 204 Å². The molecule has 0 aromatic heterocycles. The number of carbonyl (C=O) groups excluding carboxylic acids is 2. The molecule has 8 heteroatoms. The number of anilines is 1. The molecule has 0 saturated carbocycles. The molecule has 0 aliphatic carbocycles. The van der Waals surface area contributed by atoms with Crippen molar-refractivity contribution in [3.05, 3.63) is 99.5 Å². The molecule has 2 amide bonds. The number of thiocarbonyl (C=S) groups is 1. The van der Waals surface area contributed by atoms with Crippen LogP contribution in [0.3, 0.4) is 0 Å². The number of nitrogens with one attached hydrogen (secondary N) is 1. The van der Waals surface area contributed by atoms with Crippen molar-refractivity contribution in [1.82, 2.24) is 5.32 Å². The van der Waals surface area contributed by atoms with E-state index in [9.17, 15) is 14.9 Å². The van der Waals surface area contributed by atoms with Gasteiger partial charge < -0.3 is 4.74 Å². The Bertz CT molecular complexity index is 1330. The highest BCUT2D eigenvalue weighted by Gasteiger charge is 2.34. The van der Waals surface area contributed by atoms with Crippen molar-refractivity contribution in [2.45, 2.75) is 6.61 Å². The summed E-state index contributed by atoms with van der Waals surface area (Å²) in [6.45, 7) is 0.229. The monoisotopic (exact) mass is 517 g/mol. The van der Waals surface area contributed by atoms with E-state index in [1.54, 1.807) is 54.6 Å². The van der Waals surface area contributed by atoms with E-state index in [1.165, 1.54) is 11.0 Å². The van der Waals surface area contributed by atoms with Gasteiger partial charge in [-0.2, -0.15) is 5.26 Å². The molecule has 0 spiro atoms. The van der Waals surface area contributed by atoms with Crippen molar-refractivity contribution in [3.8, 4) is 11.8 Å². The molecule has 1 fully saturated rings. The van der Waals surface area contributed by atoms with Crippen LogP contribution in [-0.4, -0.2) is 16.9 Å². The predicted octanol–water partition coefficient (Wildman–Crippen LogP) is 4.73. The van der Waals surface area contributed by atoms with Gasteiger partial charge in [-0.05, 0) is 70.1 Å². The number of ether oxygens (including phenoxy) is 1. The van der Waals surface area contributed by atoms with Crippen LogP contribution >= 0.6 is 28.1 Å². The molecule has 0 bridgehead atoms. The van der Waals surface area contributed by atoms with Gasteiger partial charge in [-0.15, -0.1) is 0 Å². The summed E-state index contributed by atoms with van der Waals surface area (Å²) in [6.07, 6.45) is 1.51. The highest BCUT2D eigenvalue weighted by atomic mass is 79.9. The molecular weight excluding hydrogens is 502 g/mol. The van der Waals surface area contributed by atoms with Gasteiger partial charge in [-0.25, -0.2) is 0 Å². The summed E-state index contributed by atoms with van der Waals surface area (Å²) < 4.78 is 6.50. The Morgan fingerprint density at radius 2 is 1.79 bits per heavy atom. The second kappa shape index (κ2) is 9.77. The first-order valence-electron chi connectivity index (χ1n) is 9.85. The Balaban J connectivity index is 1.56. The number of hydrogen-bond donors (Lipinski definition) is 1. The quantitative estimate of drug-likeness (QED) is 0.300. The number of rotatable bonds is 5. The molecule has 1 aliphatic rings. The Kier molecular flexibility index (Phi) is 6.63. The molecule has 1 saturated heterocycles. The number of para-hydroxylation sites is 1. The second-order valence-electron chi connectivity index (χ2n) is 7.04. The molecule has 3 aromatic rings. The number of hydrogen-bond acceptors (Lipinski definition) is 5. The lowest BCUT2D eigenvalue weighted by Gasteiger charge is -2.28. The van der Waals surface area contributed by atoms with Gasteiger partial charge in [-0.3, -0.25) is 19.8 Å². The average molecular weight is 518 g/mol.